The van der Waals surface area contributed by atoms with Crippen LogP contribution in [0.3, 0.4) is 0 Å². The van der Waals surface area contributed by atoms with Gasteiger partial charge in [0.05, 0.1) is 13.5 Å². The number of fused-ring (bicyclic) bond motifs is 1. The summed E-state index contributed by atoms with van der Waals surface area (Å²) in [5, 5.41) is 9.26. The van der Waals surface area contributed by atoms with E-state index in [1.807, 2.05) is 24.3 Å². The van der Waals surface area contributed by atoms with Gasteiger partial charge in [0.2, 0.25) is 0 Å². The Kier molecular flexibility index (Phi) is 6.98. The predicted octanol–water partition coefficient (Wildman–Crippen LogP) is 7.88. The second-order valence-corrected chi connectivity index (χ2v) is 11.2. The predicted molar refractivity (Wildman–Crippen MR) is 143 cm³/mol. The number of aliphatic carboxylic acids is 1. The maximum Gasteiger partial charge on any atom is 0.303 e. The third-order valence-electron chi connectivity index (χ3n) is 8.36. The lowest BCUT2D eigenvalue weighted by atomic mass is 9.75. The van der Waals surface area contributed by atoms with Crippen LogP contribution in [0, 0.1) is 11.2 Å². The molecule has 0 amide bonds. The molecule has 0 spiro atoms. The molecule has 0 bridgehead atoms. The average molecular weight is 503 g/mol. The smallest absolute Gasteiger partial charge is 0.303 e. The summed E-state index contributed by atoms with van der Waals surface area (Å²) in [6.07, 6.45) is 5.31. The van der Waals surface area contributed by atoms with Gasteiger partial charge in [-0.2, -0.15) is 0 Å². The zero-order valence-electron chi connectivity index (χ0n) is 21.9. The van der Waals surface area contributed by atoms with E-state index in [2.05, 4.69) is 26.0 Å². The minimum Gasteiger partial charge on any atom is -0.497 e. The summed E-state index contributed by atoms with van der Waals surface area (Å²) in [5.74, 6) is 0.740. The highest BCUT2D eigenvalue weighted by molar-refractivity contribution is 5.71. The van der Waals surface area contributed by atoms with Crippen LogP contribution in [-0.2, 0) is 17.8 Å². The van der Waals surface area contributed by atoms with Crippen LogP contribution in [0.15, 0.2) is 54.6 Å². The maximum atomic E-state index is 15.0. The molecule has 1 saturated carbocycles. The maximum absolute atomic E-state index is 15.0. The number of hydrogen-bond donors (Lipinski definition) is 1. The number of carboxylic acids is 1. The highest BCUT2D eigenvalue weighted by Crippen LogP contribution is 2.51. The fourth-order valence-corrected chi connectivity index (χ4v) is 6.32. The van der Waals surface area contributed by atoms with E-state index in [1.165, 1.54) is 11.6 Å². The van der Waals surface area contributed by atoms with Crippen molar-refractivity contribution in [3.63, 3.8) is 0 Å². The van der Waals surface area contributed by atoms with Crippen molar-refractivity contribution in [1.82, 2.24) is 0 Å². The summed E-state index contributed by atoms with van der Waals surface area (Å²) in [7, 11) is 1.60. The van der Waals surface area contributed by atoms with Crippen molar-refractivity contribution in [2.75, 3.05) is 7.11 Å². The molecule has 1 fully saturated rings. The lowest BCUT2D eigenvalue weighted by Crippen LogP contribution is -2.17. The molecule has 194 valence electrons. The van der Waals surface area contributed by atoms with Gasteiger partial charge in [-0.05, 0) is 101 Å². The van der Waals surface area contributed by atoms with Gasteiger partial charge in [0, 0.05) is 5.56 Å². The van der Waals surface area contributed by atoms with Crippen molar-refractivity contribution in [3.8, 4) is 22.6 Å². The molecule has 5 heteroatoms. The molecule has 2 atom stereocenters. The Morgan fingerprint density at radius 2 is 1.81 bits per heavy atom. The molecule has 0 aliphatic heterocycles. The zero-order valence-corrected chi connectivity index (χ0v) is 21.9. The van der Waals surface area contributed by atoms with Gasteiger partial charge in [0.15, 0.2) is 0 Å². The van der Waals surface area contributed by atoms with E-state index >= 15 is 4.39 Å². The summed E-state index contributed by atoms with van der Waals surface area (Å²) in [6.45, 7) is 5.00. The Labute approximate surface area is 218 Å². The molecule has 5 rings (SSSR count). The van der Waals surface area contributed by atoms with Crippen LogP contribution in [0.25, 0.3) is 11.1 Å². The van der Waals surface area contributed by atoms with Crippen molar-refractivity contribution >= 4 is 5.97 Å². The third-order valence-corrected chi connectivity index (χ3v) is 8.36. The van der Waals surface area contributed by atoms with E-state index in [1.54, 1.807) is 19.2 Å². The first-order chi connectivity index (χ1) is 17.7. The molecular weight excluding hydrogens is 467 g/mol. The summed E-state index contributed by atoms with van der Waals surface area (Å²) in [5.41, 5.74) is 6.11. The molecule has 3 aromatic carbocycles. The quantitative estimate of drug-likeness (QED) is 0.340. The minimum atomic E-state index is -0.765. The lowest BCUT2D eigenvalue weighted by molar-refractivity contribution is -0.137. The van der Waals surface area contributed by atoms with Crippen LogP contribution < -0.4 is 9.47 Å². The average Bonchev–Trinajstić information content (AvgIpc) is 3.44. The fourth-order valence-electron chi connectivity index (χ4n) is 6.32. The van der Waals surface area contributed by atoms with Crippen LogP contribution in [-0.4, -0.2) is 18.2 Å². The second-order valence-electron chi connectivity index (χ2n) is 11.2. The van der Waals surface area contributed by atoms with Crippen LogP contribution >= 0.6 is 0 Å². The van der Waals surface area contributed by atoms with E-state index in [4.69, 9.17) is 9.47 Å². The Bertz CT molecular complexity index is 1310. The van der Waals surface area contributed by atoms with Gasteiger partial charge in [-0.15, -0.1) is 0 Å². The van der Waals surface area contributed by atoms with Crippen LogP contribution in [0.2, 0.25) is 0 Å². The van der Waals surface area contributed by atoms with Crippen molar-refractivity contribution in [1.29, 1.82) is 0 Å². The summed E-state index contributed by atoms with van der Waals surface area (Å²) in [4.78, 5) is 11.3. The first-order valence-corrected chi connectivity index (χ1v) is 13.2. The Hall–Kier alpha value is -3.34. The Morgan fingerprint density at radius 3 is 2.54 bits per heavy atom. The number of methoxy groups -OCH3 is 1. The van der Waals surface area contributed by atoms with Crippen molar-refractivity contribution in [2.45, 2.75) is 70.8 Å². The summed E-state index contributed by atoms with van der Waals surface area (Å²) < 4.78 is 26.6. The van der Waals surface area contributed by atoms with Crippen LogP contribution in [0.1, 0.15) is 80.0 Å². The van der Waals surface area contributed by atoms with Gasteiger partial charge < -0.3 is 14.6 Å². The third kappa shape index (κ3) is 5.22. The molecular formula is C32H35FO4. The van der Waals surface area contributed by atoms with Crippen molar-refractivity contribution in [2.24, 2.45) is 5.41 Å². The number of aryl methyl sites for hydroxylation is 1. The molecule has 4 nitrogen and oxygen atoms in total. The number of carbonyl (C=O) groups is 1. The number of benzene rings is 3. The van der Waals surface area contributed by atoms with Crippen molar-refractivity contribution in [3.05, 3.63) is 82.7 Å². The highest BCUT2D eigenvalue weighted by atomic mass is 19.1. The number of hydrogen-bond acceptors (Lipinski definition) is 3. The molecule has 0 radical (unpaired) electrons. The highest BCUT2D eigenvalue weighted by Gasteiger charge is 2.37. The molecule has 1 unspecified atom stereocenters. The van der Waals surface area contributed by atoms with Gasteiger partial charge in [0.25, 0.3) is 0 Å². The van der Waals surface area contributed by atoms with Crippen LogP contribution in [0.4, 0.5) is 4.39 Å². The number of carboxylic acid groups (broad SMARTS) is 1. The van der Waals surface area contributed by atoms with E-state index in [-0.39, 0.29) is 23.6 Å². The first-order valence-electron chi connectivity index (χ1n) is 13.2. The molecule has 3 aromatic rings. The Morgan fingerprint density at radius 1 is 1.00 bits per heavy atom. The molecule has 2 aliphatic rings. The van der Waals surface area contributed by atoms with E-state index in [0.29, 0.717) is 23.8 Å². The molecule has 0 heterocycles. The number of ether oxygens (including phenoxy) is 2. The van der Waals surface area contributed by atoms with E-state index in [0.717, 1.165) is 60.1 Å². The second kappa shape index (κ2) is 10.2. The fraction of sp³-hybridized carbons (Fsp3) is 0.406. The number of halogens is 1. The van der Waals surface area contributed by atoms with Crippen LogP contribution in [0.5, 0.6) is 11.5 Å². The van der Waals surface area contributed by atoms with Gasteiger partial charge in [-0.25, -0.2) is 4.39 Å². The molecule has 1 N–H and O–H groups in total. The van der Waals surface area contributed by atoms with Gasteiger partial charge >= 0.3 is 5.97 Å². The topological polar surface area (TPSA) is 55.8 Å². The molecule has 37 heavy (non-hydrogen) atoms. The normalized spacial score (nSPS) is 20.0. The molecule has 2 aliphatic carbocycles. The van der Waals surface area contributed by atoms with Gasteiger partial charge in [0.1, 0.15) is 23.9 Å². The van der Waals surface area contributed by atoms with Gasteiger partial charge in [-0.1, -0.05) is 44.5 Å². The first kappa shape index (κ1) is 25.3. The summed E-state index contributed by atoms with van der Waals surface area (Å²) in [6, 6.07) is 17.2. The van der Waals surface area contributed by atoms with E-state index in [9.17, 15) is 9.90 Å². The number of rotatable bonds is 8. The summed E-state index contributed by atoms with van der Waals surface area (Å²) >= 11 is 0. The molecule has 0 saturated heterocycles. The lowest BCUT2D eigenvalue weighted by Gasteiger charge is -2.30. The minimum absolute atomic E-state index is 0.0456. The standard InChI is InChI=1S/C32H35FO4/c1-32(2)14-4-5-29(32)27-15-20(6-12-25(27)28-17-23(36-3)11-13-30(28)33)19-37-24-10-9-21-7-8-22(16-31(34)35)26(21)18-24/h6,9-13,15,17-18,22,29H,4-5,7-8,14,16,19H2,1-3H3,(H,34,35)/t22?,29-/m1/s1. The Balaban J connectivity index is 1.44. The monoisotopic (exact) mass is 502 g/mol. The molecule has 0 aromatic heterocycles. The van der Waals surface area contributed by atoms with E-state index < -0.39 is 5.97 Å². The SMILES string of the molecule is COc1ccc(F)c(-c2ccc(COc3ccc4c(c3)C(CC(=O)O)CC4)cc2[C@H]2CCCC2(C)C)c1. The van der Waals surface area contributed by atoms with Crippen molar-refractivity contribution < 1.29 is 23.8 Å². The van der Waals surface area contributed by atoms with Gasteiger partial charge in [-0.3, -0.25) is 4.79 Å². The largest absolute Gasteiger partial charge is 0.497 e. The zero-order chi connectivity index (χ0) is 26.2.